The maximum Gasteiger partial charge on any atom is 0.333 e. The third-order valence-corrected chi connectivity index (χ3v) is 9.85. The maximum absolute atomic E-state index is 14.9. The fourth-order valence-corrected chi connectivity index (χ4v) is 7.10. The standard InChI is InChI=1S/C36H31N3O9S/c1-37-28-10-6-4-8-26(28)35(27-9-5-7-11-29(27)37)36(43)39(30-18-15-24(46-2)22-31(30)47-3)49(44,45)25-16-12-23(13-17-25)14-21-34(42)48-38-32(40)19-20-33(38)41/h4-13,15-20,22,43H,14,21H2,1-3H3/p+1. The van der Waals surface area contributed by atoms with Crippen molar-refractivity contribution in [1.29, 1.82) is 0 Å². The molecule has 0 aliphatic rings. The van der Waals surface area contributed by atoms with Gasteiger partial charge in [0.2, 0.25) is 22.8 Å². The first kappa shape index (κ1) is 32.8. The summed E-state index contributed by atoms with van der Waals surface area (Å²) in [7, 11) is 0.136. The minimum absolute atomic E-state index is 0.0157. The van der Waals surface area contributed by atoms with E-state index in [1.165, 1.54) is 62.8 Å². The molecule has 6 rings (SSSR count). The molecule has 250 valence electrons. The zero-order valence-corrected chi connectivity index (χ0v) is 27.5. The van der Waals surface area contributed by atoms with Crippen LogP contribution in [0.1, 0.15) is 22.3 Å². The number of fused-ring (bicyclic) bond motifs is 2. The van der Waals surface area contributed by atoms with Crippen molar-refractivity contribution in [3.63, 3.8) is 0 Å². The van der Waals surface area contributed by atoms with Gasteiger partial charge >= 0.3 is 5.97 Å². The van der Waals surface area contributed by atoms with Crippen LogP contribution in [0.15, 0.2) is 108 Å². The number of ether oxygens (including phenoxy) is 2. The topological polar surface area (TPSA) is 148 Å². The van der Waals surface area contributed by atoms with Gasteiger partial charge in [-0.1, -0.05) is 36.4 Å². The number of carbonyl (C=O) groups is 2. The first-order valence-electron chi connectivity index (χ1n) is 15.1. The summed E-state index contributed by atoms with van der Waals surface area (Å²) < 4.78 is 43.5. The van der Waals surface area contributed by atoms with Gasteiger partial charge in [-0.15, -0.1) is 4.73 Å². The van der Waals surface area contributed by atoms with Crippen LogP contribution in [0.25, 0.3) is 21.8 Å². The van der Waals surface area contributed by atoms with Gasteiger partial charge in [-0.2, -0.15) is 8.87 Å². The molecule has 0 spiro atoms. The van der Waals surface area contributed by atoms with E-state index in [1.807, 2.05) is 35.9 Å². The molecule has 0 radical (unpaired) electrons. The van der Waals surface area contributed by atoms with Gasteiger partial charge in [-0.3, -0.25) is 4.79 Å². The molecule has 2 N–H and O–H groups in total. The number of nitrogens with zero attached hydrogens (tertiary/aromatic N) is 3. The van der Waals surface area contributed by atoms with E-state index in [0.29, 0.717) is 26.8 Å². The van der Waals surface area contributed by atoms with Crippen LogP contribution in [-0.2, 0) is 28.3 Å². The molecule has 0 bridgehead atoms. The number of aromatic nitrogens is 2. The number of aromatic hydroxyl groups is 2. The second-order valence-electron chi connectivity index (χ2n) is 11.0. The van der Waals surface area contributed by atoms with Gasteiger partial charge in [0.1, 0.15) is 24.2 Å². The molecule has 0 fully saturated rings. The highest BCUT2D eigenvalue weighted by molar-refractivity contribution is 7.93. The molecule has 6 aromatic rings. The Labute approximate surface area is 281 Å². The Kier molecular flexibility index (Phi) is 8.85. The zero-order valence-electron chi connectivity index (χ0n) is 26.7. The van der Waals surface area contributed by atoms with Crippen molar-refractivity contribution in [3.05, 3.63) is 114 Å². The molecule has 0 aliphatic carbocycles. The summed E-state index contributed by atoms with van der Waals surface area (Å²) in [5.41, 5.74) is 2.24. The smallest absolute Gasteiger partial charge is 0.333 e. The second-order valence-corrected chi connectivity index (χ2v) is 12.8. The van der Waals surface area contributed by atoms with E-state index >= 15 is 0 Å². The van der Waals surface area contributed by atoms with Gasteiger partial charge in [0.15, 0.2) is 0 Å². The highest BCUT2D eigenvalue weighted by Gasteiger charge is 2.37. The Morgan fingerprint density at radius 1 is 0.796 bits per heavy atom. The Morgan fingerprint density at radius 3 is 1.96 bits per heavy atom. The Hall–Kier alpha value is -6.08. The van der Waals surface area contributed by atoms with E-state index in [2.05, 4.69) is 0 Å². The number of anilines is 1. The number of aryl methyl sites for hydroxylation is 2. The molecular weight excluding hydrogens is 650 g/mol. The fraction of sp³-hybridized carbons (Fsp3) is 0.139. The molecule has 12 nitrogen and oxygen atoms in total. The Morgan fingerprint density at radius 2 is 1.39 bits per heavy atom. The molecule has 0 atom stereocenters. The van der Waals surface area contributed by atoms with Gasteiger partial charge in [-0.25, -0.2) is 13.2 Å². The first-order valence-corrected chi connectivity index (χ1v) is 16.5. The summed E-state index contributed by atoms with van der Waals surface area (Å²) in [5, 5.41) is 20.5. The van der Waals surface area contributed by atoms with Crippen molar-refractivity contribution >= 4 is 49.4 Å². The van der Waals surface area contributed by atoms with Gasteiger partial charge in [0.05, 0.1) is 41.9 Å². The van der Waals surface area contributed by atoms with Crippen LogP contribution in [0.3, 0.4) is 0 Å². The molecule has 2 heterocycles. The number of rotatable bonds is 10. The van der Waals surface area contributed by atoms with E-state index in [9.17, 15) is 28.2 Å². The number of benzene rings is 4. The first-order chi connectivity index (χ1) is 23.5. The molecule has 0 unspecified atom stereocenters. The number of para-hydroxylation sites is 2. The van der Waals surface area contributed by atoms with Gasteiger partial charge in [0, 0.05) is 30.3 Å². The summed E-state index contributed by atoms with van der Waals surface area (Å²) >= 11 is 0. The van der Waals surface area contributed by atoms with E-state index in [0.717, 1.165) is 15.3 Å². The fourth-order valence-electron chi connectivity index (χ4n) is 5.69. The molecule has 49 heavy (non-hydrogen) atoms. The van der Waals surface area contributed by atoms with E-state index in [1.54, 1.807) is 30.3 Å². The van der Waals surface area contributed by atoms with Crippen LogP contribution in [0.2, 0.25) is 0 Å². The van der Waals surface area contributed by atoms with E-state index < -0.39 is 33.7 Å². The lowest BCUT2D eigenvalue weighted by Gasteiger charge is -2.25. The number of hydrogen-bond donors (Lipinski definition) is 2. The van der Waals surface area contributed by atoms with Crippen LogP contribution >= 0.6 is 0 Å². The number of carbonyl (C=O) groups excluding carboxylic acids is 2. The predicted octanol–water partition coefficient (Wildman–Crippen LogP) is 4.67. The largest absolute Gasteiger partial charge is 0.497 e. The van der Waals surface area contributed by atoms with E-state index in [-0.39, 0.29) is 34.7 Å². The highest BCUT2D eigenvalue weighted by atomic mass is 32.2. The highest BCUT2D eigenvalue weighted by Crippen LogP contribution is 2.38. The molecule has 0 saturated carbocycles. The molecule has 1 amide bonds. The maximum atomic E-state index is 14.9. The van der Waals surface area contributed by atoms with Crippen molar-refractivity contribution in [1.82, 2.24) is 4.73 Å². The SMILES string of the molecule is COc1ccc(N(C(=O)c2c3ccccc3[n+](C)c3ccccc23)S(=O)(=O)c2ccc(CCC(=O)On3c(O)ccc3O)cc2)c(OC)c1. The van der Waals surface area contributed by atoms with Gasteiger partial charge in [-0.05, 0) is 48.4 Å². The Bertz CT molecular complexity index is 2260. The Balaban J connectivity index is 1.42. The lowest BCUT2D eigenvalue weighted by atomic mass is 10.0. The van der Waals surface area contributed by atoms with Crippen LogP contribution < -0.4 is 23.2 Å². The molecule has 2 aromatic heterocycles. The number of hydrogen-bond acceptors (Lipinski definition) is 9. The lowest BCUT2D eigenvalue weighted by molar-refractivity contribution is -0.617. The minimum Gasteiger partial charge on any atom is -0.497 e. The third-order valence-electron chi connectivity index (χ3n) is 8.14. The van der Waals surface area contributed by atoms with Crippen molar-refractivity contribution in [2.45, 2.75) is 17.7 Å². The normalized spacial score (nSPS) is 11.4. The second kappa shape index (κ2) is 13.2. The third kappa shape index (κ3) is 6.07. The summed E-state index contributed by atoms with van der Waals surface area (Å²) in [5.74, 6) is -1.92. The number of amides is 1. The predicted molar refractivity (Wildman–Crippen MR) is 180 cm³/mol. The quantitative estimate of drug-likeness (QED) is 0.155. The summed E-state index contributed by atoms with van der Waals surface area (Å²) in [6.45, 7) is 0. The van der Waals surface area contributed by atoms with Crippen LogP contribution in [0.4, 0.5) is 5.69 Å². The van der Waals surface area contributed by atoms with E-state index in [4.69, 9.17) is 14.3 Å². The van der Waals surface area contributed by atoms with Crippen molar-refractivity contribution in [3.8, 4) is 23.3 Å². The molecule has 4 aromatic carbocycles. The van der Waals surface area contributed by atoms with Crippen LogP contribution in [0, 0.1) is 0 Å². The molecule has 0 aliphatic heterocycles. The van der Waals surface area contributed by atoms with Crippen LogP contribution in [-0.4, -0.2) is 49.5 Å². The summed E-state index contributed by atoms with van der Waals surface area (Å²) in [4.78, 5) is 32.1. The molecule has 13 heteroatoms. The lowest BCUT2D eigenvalue weighted by Crippen LogP contribution is -2.39. The van der Waals surface area contributed by atoms with Crippen LogP contribution in [0.5, 0.6) is 23.3 Å². The van der Waals surface area contributed by atoms with Crippen molar-refractivity contribution in [2.75, 3.05) is 18.5 Å². The summed E-state index contributed by atoms with van der Waals surface area (Å²) in [6, 6.07) is 27.2. The van der Waals surface area contributed by atoms with Crippen molar-refractivity contribution < 1.29 is 47.1 Å². The van der Waals surface area contributed by atoms with Gasteiger partial charge < -0.3 is 24.5 Å². The molecular formula is C36H32N3O9S+. The monoisotopic (exact) mass is 682 g/mol. The average molecular weight is 683 g/mol. The number of methoxy groups -OCH3 is 2. The minimum atomic E-state index is -4.59. The van der Waals surface area contributed by atoms with Gasteiger partial charge in [0.25, 0.3) is 15.9 Å². The van der Waals surface area contributed by atoms with Crippen molar-refractivity contribution in [2.24, 2.45) is 7.05 Å². The average Bonchev–Trinajstić information content (AvgIpc) is 3.43. The molecule has 0 saturated heterocycles. The zero-order chi connectivity index (χ0) is 34.9. The summed E-state index contributed by atoms with van der Waals surface area (Å²) in [6.07, 6.45) is 0.0261. The number of pyridine rings is 1. The number of sulfonamides is 1.